The zero-order valence-electron chi connectivity index (χ0n) is 14.9. The highest BCUT2D eigenvalue weighted by Crippen LogP contribution is 2.31. The Balaban J connectivity index is 1.69. The third kappa shape index (κ3) is 3.32. The number of likely N-dealkylation sites (tertiary alicyclic amines) is 1. The van der Waals surface area contributed by atoms with E-state index in [1.807, 2.05) is 43.5 Å². The van der Waals surface area contributed by atoms with Crippen LogP contribution in [0.25, 0.3) is 10.9 Å². The first-order valence-electron chi connectivity index (χ1n) is 8.44. The number of carbonyl (C=O) groups excluding carboxylic acids is 1. The lowest BCUT2D eigenvalue weighted by atomic mass is 9.89. The quantitative estimate of drug-likeness (QED) is 0.871. The van der Waals surface area contributed by atoms with Crippen LogP contribution in [0.1, 0.15) is 45.1 Å². The topological polar surface area (TPSA) is 73.4 Å². The molecule has 6 heteroatoms. The Labute approximate surface area is 142 Å². The van der Waals surface area contributed by atoms with E-state index in [-0.39, 0.29) is 6.09 Å². The summed E-state index contributed by atoms with van der Waals surface area (Å²) in [6.07, 6.45) is 1.67. The Morgan fingerprint density at radius 3 is 2.58 bits per heavy atom. The van der Waals surface area contributed by atoms with Gasteiger partial charge in [-0.15, -0.1) is 0 Å². The zero-order valence-corrected chi connectivity index (χ0v) is 14.9. The number of aromatic nitrogens is 2. The molecule has 0 saturated carbocycles. The number of amides is 1. The Morgan fingerprint density at radius 1 is 1.29 bits per heavy atom. The summed E-state index contributed by atoms with van der Waals surface area (Å²) >= 11 is 0. The van der Waals surface area contributed by atoms with Gasteiger partial charge in [0.05, 0.1) is 5.52 Å². The number of ether oxygens (including phenoxy) is 1. The molecule has 2 N–H and O–H groups in total. The molecule has 0 aliphatic carbocycles. The van der Waals surface area contributed by atoms with E-state index in [0.29, 0.717) is 11.7 Å². The second kappa shape index (κ2) is 6.00. The van der Waals surface area contributed by atoms with Gasteiger partial charge >= 0.3 is 6.09 Å². The van der Waals surface area contributed by atoms with Gasteiger partial charge in [0, 0.05) is 25.5 Å². The van der Waals surface area contributed by atoms with Crippen LogP contribution in [0, 0.1) is 0 Å². The van der Waals surface area contributed by atoms with E-state index >= 15 is 0 Å². The minimum atomic E-state index is -0.446. The smallest absolute Gasteiger partial charge is 0.410 e. The molecule has 1 aliphatic rings. The fraction of sp³-hybridized carbons (Fsp3) is 0.556. The molecule has 6 nitrogen and oxygen atoms in total. The van der Waals surface area contributed by atoms with Gasteiger partial charge in [0.15, 0.2) is 5.82 Å². The summed E-state index contributed by atoms with van der Waals surface area (Å²) in [5, 5.41) is 5.26. The van der Waals surface area contributed by atoms with Gasteiger partial charge in [-0.2, -0.15) is 5.10 Å². The number of nitrogens with two attached hydrogens (primary N) is 1. The first-order valence-corrected chi connectivity index (χ1v) is 8.44. The number of aryl methyl sites for hydroxylation is 1. The summed E-state index contributed by atoms with van der Waals surface area (Å²) < 4.78 is 7.28. The summed E-state index contributed by atoms with van der Waals surface area (Å²) in [7, 11) is 1.91. The summed E-state index contributed by atoms with van der Waals surface area (Å²) in [6.45, 7) is 7.14. The van der Waals surface area contributed by atoms with Gasteiger partial charge in [0.2, 0.25) is 0 Å². The van der Waals surface area contributed by atoms with Gasteiger partial charge in [-0.1, -0.05) is 6.07 Å². The molecule has 0 bridgehead atoms. The predicted molar refractivity (Wildman–Crippen MR) is 94.9 cm³/mol. The van der Waals surface area contributed by atoms with Crippen molar-refractivity contribution in [2.45, 2.75) is 45.1 Å². The average Bonchev–Trinajstić information content (AvgIpc) is 2.80. The van der Waals surface area contributed by atoms with Crippen molar-refractivity contribution in [3.05, 3.63) is 23.8 Å². The third-order valence-electron chi connectivity index (χ3n) is 4.52. The van der Waals surface area contributed by atoms with Crippen molar-refractivity contribution in [3.63, 3.8) is 0 Å². The van der Waals surface area contributed by atoms with Crippen molar-refractivity contribution in [3.8, 4) is 0 Å². The fourth-order valence-corrected chi connectivity index (χ4v) is 3.28. The average molecular weight is 330 g/mol. The van der Waals surface area contributed by atoms with Gasteiger partial charge in [0.25, 0.3) is 0 Å². The van der Waals surface area contributed by atoms with Crippen molar-refractivity contribution < 1.29 is 9.53 Å². The number of carbonyl (C=O) groups is 1. The normalized spacial score (nSPS) is 16.6. The first kappa shape index (κ1) is 16.6. The predicted octanol–water partition coefficient (Wildman–Crippen LogP) is 3.27. The Morgan fingerprint density at radius 2 is 1.96 bits per heavy atom. The lowest BCUT2D eigenvalue weighted by Crippen LogP contribution is -2.41. The van der Waals surface area contributed by atoms with Crippen molar-refractivity contribution in [2.75, 3.05) is 18.8 Å². The molecule has 3 rings (SSSR count). The SMILES string of the molecule is Cn1nc(N)c2ccc(C3CCN(C(=O)OC(C)(C)C)CC3)cc21. The maximum atomic E-state index is 12.2. The van der Waals surface area contributed by atoms with E-state index in [9.17, 15) is 4.79 Å². The van der Waals surface area contributed by atoms with Crippen LogP contribution in [0.15, 0.2) is 18.2 Å². The number of piperidine rings is 1. The number of rotatable bonds is 1. The number of fused-ring (bicyclic) bond motifs is 1. The van der Waals surface area contributed by atoms with Crippen LogP contribution in [-0.4, -0.2) is 39.5 Å². The van der Waals surface area contributed by atoms with E-state index in [2.05, 4.69) is 17.2 Å². The Bertz CT molecular complexity index is 752. The molecule has 1 aromatic heterocycles. The van der Waals surface area contributed by atoms with Crippen molar-refractivity contribution in [2.24, 2.45) is 7.05 Å². The van der Waals surface area contributed by atoms with Gasteiger partial charge in [0.1, 0.15) is 5.60 Å². The lowest BCUT2D eigenvalue weighted by Gasteiger charge is -2.33. The second-order valence-corrected chi connectivity index (χ2v) is 7.53. The molecule has 24 heavy (non-hydrogen) atoms. The summed E-state index contributed by atoms with van der Waals surface area (Å²) in [6, 6.07) is 6.36. The zero-order chi connectivity index (χ0) is 17.5. The largest absolute Gasteiger partial charge is 0.444 e. The van der Waals surface area contributed by atoms with E-state index in [1.54, 1.807) is 0 Å². The van der Waals surface area contributed by atoms with Crippen LogP contribution in [0.2, 0.25) is 0 Å². The summed E-state index contributed by atoms with van der Waals surface area (Å²) in [4.78, 5) is 14.0. The molecule has 1 amide bonds. The number of nitrogens with zero attached hydrogens (tertiary/aromatic N) is 3. The molecular formula is C18H26N4O2. The van der Waals surface area contributed by atoms with Gasteiger partial charge in [-0.05, 0) is 57.2 Å². The van der Waals surface area contributed by atoms with Gasteiger partial charge in [-0.25, -0.2) is 4.79 Å². The highest BCUT2D eigenvalue weighted by molar-refractivity contribution is 5.89. The first-order chi connectivity index (χ1) is 11.2. The van der Waals surface area contributed by atoms with Gasteiger partial charge in [-0.3, -0.25) is 4.68 Å². The molecule has 2 heterocycles. The minimum Gasteiger partial charge on any atom is -0.444 e. The van der Waals surface area contributed by atoms with Crippen LogP contribution < -0.4 is 5.73 Å². The monoisotopic (exact) mass is 330 g/mol. The third-order valence-corrected chi connectivity index (χ3v) is 4.52. The lowest BCUT2D eigenvalue weighted by molar-refractivity contribution is 0.0205. The molecule has 0 unspecified atom stereocenters. The molecule has 2 aromatic rings. The molecule has 1 aliphatic heterocycles. The number of benzene rings is 1. The highest BCUT2D eigenvalue weighted by atomic mass is 16.6. The molecule has 0 spiro atoms. The maximum absolute atomic E-state index is 12.2. The van der Waals surface area contributed by atoms with Gasteiger partial charge < -0.3 is 15.4 Å². The van der Waals surface area contributed by atoms with Crippen LogP contribution in [0.5, 0.6) is 0 Å². The highest BCUT2D eigenvalue weighted by Gasteiger charge is 2.27. The fourth-order valence-electron chi connectivity index (χ4n) is 3.28. The molecular weight excluding hydrogens is 304 g/mol. The van der Waals surface area contributed by atoms with Crippen LogP contribution >= 0.6 is 0 Å². The van der Waals surface area contributed by atoms with E-state index < -0.39 is 5.60 Å². The van der Waals surface area contributed by atoms with Crippen molar-refractivity contribution in [1.29, 1.82) is 0 Å². The van der Waals surface area contributed by atoms with Crippen LogP contribution in [0.3, 0.4) is 0 Å². The van der Waals surface area contributed by atoms with Crippen LogP contribution in [0.4, 0.5) is 10.6 Å². The van der Waals surface area contributed by atoms with E-state index in [4.69, 9.17) is 10.5 Å². The molecule has 1 saturated heterocycles. The molecule has 1 fully saturated rings. The van der Waals surface area contributed by atoms with Crippen molar-refractivity contribution >= 4 is 22.8 Å². The Hall–Kier alpha value is -2.24. The second-order valence-electron chi connectivity index (χ2n) is 7.53. The van der Waals surface area contributed by atoms with E-state index in [1.165, 1.54) is 5.56 Å². The molecule has 130 valence electrons. The summed E-state index contributed by atoms with van der Waals surface area (Å²) in [5.41, 5.74) is 7.81. The standard InChI is InChI=1S/C18H26N4O2/c1-18(2,3)24-17(23)22-9-7-12(8-10-22)13-5-6-14-15(11-13)21(4)20-16(14)19/h5-6,11-12H,7-10H2,1-4H3,(H2,19,20). The van der Waals surface area contributed by atoms with Crippen molar-refractivity contribution in [1.82, 2.24) is 14.7 Å². The number of hydrogen-bond donors (Lipinski definition) is 1. The number of hydrogen-bond acceptors (Lipinski definition) is 4. The summed E-state index contributed by atoms with van der Waals surface area (Å²) in [5.74, 6) is 1.02. The minimum absolute atomic E-state index is 0.212. The number of anilines is 1. The van der Waals surface area contributed by atoms with E-state index in [0.717, 1.165) is 36.8 Å². The molecule has 1 aromatic carbocycles. The number of nitrogen functional groups attached to an aromatic ring is 1. The Kier molecular flexibility index (Phi) is 4.15. The molecule has 0 radical (unpaired) electrons. The van der Waals surface area contributed by atoms with Crippen LogP contribution in [-0.2, 0) is 11.8 Å². The molecule has 0 atom stereocenters. The maximum Gasteiger partial charge on any atom is 0.410 e.